The largest absolute Gasteiger partial charge is 0.340 e. The fraction of sp³-hybridized carbons (Fsp3) is 0.818. The Morgan fingerprint density at radius 3 is 2.79 bits per heavy atom. The molecule has 0 aromatic carbocycles. The summed E-state index contributed by atoms with van der Waals surface area (Å²) < 4.78 is 5.03. The van der Waals surface area contributed by atoms with Crippen molar-refractivity contribution >= 4 is 0 Å². The van der Waals surface area contributed by atoms with E-state index in [1.807, 2.05) is 6.92 Å². The summed E-state index contributed by atoms with van der Waals surface area (Å²) in [5.41, 5.74) is 0. The zero-order valence-corrected chi connectivity index (χ0v) is 8.99. The topological polar surface area (TPSA) is 38.9 Å². The molecule has 0 N–H and O–H groups in total. The molecule has 0 aliphatic heterocycles. The molecule has 0 spiro atoms. The van der Waals surface area contributed by atoms with Gasteiger partial charge in [0.1, 0.15) is 0 Å². The molecule has 0 amide bonds. The third-order valence-corrected chi connectivity index (χ3v) is 2.86. The van der Waals surface area contributed by atoms with Gasteiger partial charge in [-0.3, -0.25) is 0 Å². The highest BCUT2D eigenvalue weighted by atomic mass is 16.5. The van der Waals surface area contributed by atoms with Gasteiger partial charge in [0.05, 0.1) is 0 Å². The Labute approximate surface area is 84.9 Å². The van der Waals surface area contributed by atoms with Crippen LogP contribution in [0.15, 0.2) is 4.52 Å². The van der Waals surface area contributed by atoms with E-state index in [0.717, 1.165) is 11.7 Å². The number of hydrogen-bond acceptors (Lipinski definition) is 3. The quantitative estimate of drug-likeness (QED) is 0.723. The fourth-order valence-corrected chi connectivity index (χ4v) is 1.94. The van der Waals surface area contributed by atoms with E-state index in [9.17, 15) is 0 Å². The van der Waals surface area contributed by atoms with E-state index in [4.69, 9.17) is 4.52 Å². The Morgan fingerprint density at radius 2 is 2.29 bits per heavy atom. The number of aromatic nitrogens is 2. The first-order valence-corrected chi connectivity index (χ1v) is 5.59. The normalized spacial score (nSPS) is 18.4. The minimum Gasteiger partial charge on any atom is -0.340 e. The van der Waals surface area contributed by atoms with Gasteiger partial charge in [0.2, 0.25) is 5.89 Å². The lowest BCUT2D eigenvalue weighted by atomic mass is 9.96. The van der Waals surface area contributed by atoms with Crippen LogP contribution in [0, 0.1) is 12.8 Å². The number of nitrogens with zero attached hydrogens (tertiary/aromatic N) is 2. The minimum absolute atomic E-state index is 0.532. The zero-order chi connectivity index (χ0) is 9.97. The van der Waals surface area contributed by atoms with Gasteiger partial charge in [-0.2, -0.15) is 4.98 Å². The van der Waals surface area contributed by atoms with Gasteiger partial charge in [-0.15, -0.1) is 0 Å². The van der Waals surface area contributed by atoms with E-state index < -0.39 is 0 Å². The molecule has 1 aliphatic rings. The first-order valence-electron chi connectivity index (χ1n) is 5.59. The average molecular weight is 194 g/mol. The Balaban J connectivity index is 2.00. The molecule has 2 rings (SSSR count). The summed E-state index contributed by atoms with van der Waals surface area (Å²) in [6, 6.07) is 0. The third-order valence-electron chi connectivity index (χ3n) is 2.86. The molecule has 0 unspecified atom stereocenters. The van der Waals surface area contributed by atoms with Gasteiger partial charge in [-0.1, -0.05) is 31.3 Å². The first-order chi connectivity index (χ1) is 6.79. The van der Waals surface area contributed by atoms with E-state index in [-0.39, 0.29) is 0 Å². The Morgan fingerprint density at radius 1 is 1.50 bits per heavy atom. The molecule has 1 fully saturated rings. The van der Waals surface area contributed by atoms with Crippen LogP contribution in [0.5, 0.6) is 0 Å². The molecule has 3 heteroatoms. The van der Waals surface area contributed by atoms with Gasteiger partial charge in [0.15, 0.2) is 5.82 Å². The molecule has 1 atom stereocenters. The van der Waals surface area contributed by atoms with E-state index in [2.05, 4.69) is 17.1 Å². The summed E-state index contributed by atoms with van der Waals surface area (Å²) in [5, 5.41) is 4.03. The molecule has 78 valence electrons. The summed E-state index contributed by atoms with van der Waals surface area (Å²) in [7, 11) is 0. The lowest BCUT2D eigenvalue weighted by molar-refractivity contribution is 0.377. The van der Waals surface area contributed by atoms with Crippen LogP contribution in [0.25, 0.3) is 0 Å². The van der Waals surface area contributed by atoms with Crippen molar-refractivity contribution in [2.24, 2.45) is 5.92 Å². The molecular weight excluding hydrogens is 176 g/mol. The maximum absolute atomic E-state index is 5.03. The van der Waals surface area contributed by atoms with Gasteiger partial charge in [-0.25, -0.2) is 0 Å². The molecule has 1 saturated carbocycles. The van der Waals surface area contributed by atoms with E-state index >= 15 is 0 Å². The van der Waals surface area contributed by atoms with Gasteiger partial charge in [0, 0.05) is 12.8 Å². The molecule has 1 heterocycles. The SMILES string of the molecule is CCC[C@@H](CC1CC1)c1noc(C)n1. The van der Waals surface area contributed by atoms with Crippen LogP contribution in [0.3, 0.4) is 0 Å². The summed E-state index contributed by atoms with van der Waals surface area (Å²) in [4.78, 5) is 4.33. The van der Waals surface area contributed by atoms with Gasteiger partial charge in [-0.05, 0) is 18.8 Å². The van der Waals surface area contributed by atoms with E-state index in [1.54, 1.807) is 0 Å². The molecule has 1 aromatic heterocycles. The monoisotopic (exact) mass is 194 g/mol. The van der Waals surface area contributed by atoms with Crippen LogP contribution >= 0.6 is 0 Å². The minimum atomic E-state index is 0.532. The fourth-order valence-electron chi connectivity index (χ4n) is 1.94. The molecular formula is C11H18N2O. The zero-order valence-electron chi connectivity index (χ0n) is 8.99. The van der Waals surface area contributed by atoms with Crippen LogP contribution in [-0.2, 0) is 0 Å². The molecule has 1 aliphatic carbocycles. The number of aryl methyl sites for hydroxylation is 1. The Kier molecular flexibility index (Phi) is 2.85. The number of hydrogen-bond donors (Lipinski definition) is 0. The number of rotatable bonds is 5. The second kappa shape index (κ2) is 4.11. The van der Waals surface area contributed by atoms with Crippen molar-refractivity contribution in [3.63, 3.8) is 0 Å². The van der Waals surface area contributed by atoms with E-state index in [0.29, 0.717) is 11.8 Å². The highest BCUT2D eigenvalue weighted by molar-refractivity contribution is 4.97. The Bertz CT molecular complexity index is 291. The average Bonchev–Trinajstić information content (AvgIpc) is 2.87. The van der Waals surface area contributed by atoms with Crippen LogP contribution < -0.4 is 0 Å². The van der Waals surface area contributed by atoms with E-state index in [1.165, 1.54) is 32.1 Å². The van der Waals surface area contributed by atoms with Crippen molar-refractivity contribution in [2.45, 2.75) is 51.9 Å². The molecule has 1 aromatic rings. The molecule has 0 saturated heterocycles. The highest BCUT2D eigenvalue weighted by Gasteiger charge is 2.28. The van der Waals surface area contributed by atoms with Crippen molar-refractivity contribution in [1.82, 2.24) is 10.1 Å². The van der Waals surface area contributed by atoms with Gasteiger partial charge in [0.25, 0.3) is 0 Å². The second-order valence-electron chi connectivity index (χ2n) is 4.34. The predicted molar refractivity (Wildman–Crippen MR) is 54.0 cm³/mol. The van der Waals surface area contributed by atoms with Crippen molar-refractivity contribution in [1.29, 1.82) is 0 Å². The lowest BCUT2D eigenvalue weighted by Gasteiger charge is -2.10. The van der Waals surface area contributed by atoms with Crippen LogP contribution in [-0.4, -0.2) is 10.1 Å². The predicted octanol–water partition coefficient (Wildman–Crippen LogP) is 3.06. The smallest absolute Gasteiger partial charge is 0.223 e. The molecule has 0 bridgehead atoms. The molecule has 14 heavy (non-hydrogen) atoms. The van der Waals surface area contributed by atoms with Gasteiger partial charge >= 0.3 is 0 Å². The summed E-state index contributed by atoms with van der Waals surface area (Å²) in [5.74, 6) is 3.09. The van der Waals surface area contributed by atoms with Gasteiger partial charge < -0.3 is 4.52 Å². The first kappa shape index (κ1) is 9.69. The summed E-state index contributed by atoms with van der Waals surface area (Å²) >= 11 is 0. The standard InChI is InChI=1S/C11H18N2O/c1-3-4-10(7-9-5-6-9)11-12-8(2)14-13-11/h9-10H,3-7H2,1-2H3/t10-/m0/s1. The van der Waals surface area contributed by atoms with Crippen molar-refractivity contribution < 1.29 is 4.52 Å². The lowest BCUT2D eigenvalue weighted by Crippen LogP contribution is -2.02. The summed E-state index contributed by atoms with van der Waals surface area (Å²) in [6.45, 7) is 4.07. The van der Waals surface area contributed by atoms with Crippen molar-refractivity contribution in [3.05, 3.63) is 11.7 Å². The maximum Gasteiger partial charge on any atom is 0.223 e. The second-order valence-corrected chi connectivity index (χ2v) is 4.34. The van der Waals surface area contributed by atoms with Crippen LogP contribution in [0.2, 0.25) is 0 Å². The summed E-state index contributed by atoms with van der Waals surface area (Å²) in [6.07, 6.45) is 6.45. The van der Waals surface area contributed by atoms with Crippen molar-refractivity contribution in [3.8, 4) is 0 Å². The third kappa shape index (κ3) is 2.34. The van der Waals surface area contributed by atoms with Crippen molar-refractivity contribution in [2.75, 3.05) is 0 Å². The van der Waals surface area contributed by atoms with Crippen LogP contribution in [0.4, 0.5) is 0 Å². The molecule has 3 nitrogen and oxygen atoms in total. The maximum atomic E-state index is 5.03. The van der Waals surface area contributed by atoms with Crippen LogP contribution in [0.1, 0.15) is 56.7 Å². The Hall–Kier alpha value is -0.860. The molecule has 0 radical (unpaired) electrons. The highest BCUT2D eigenvalue weighted by Crippen LogP contribution is 2.39.